The Morgan fingerprint density at radius 2 is 1.93 bits per heavy atom. The number of nitrogens with one attached hydrogen (secondary N) is 1. The molecule has 0 aliphatic rings. The number of aromatic nitrogens is 3. The number of halogens is 1. The van der Waals surface area contributed by atoms with E-state index in [1.165, 1.54) is 34.4 Å². The lowest BCUT2D eigenvalue weighted by atomic mass is 10.2. The van der Waals surface area contributed by atoms with Crippen molar-refractivity contribution in [1.82, 2.24) is 14.5 Å². The van der Waals surface area contributed by atoms with Crippen molar-refractivity contribution in [3.05, 3.63) is 76.4 Å². The molecule has 2 heterocycles. The lowest BCUT2D eigenvalue weighted by Crippen LogP contribution is -2.23. The van der Waals surface area contributed by atoms with Gasteiger partial charge in [-0.3, -0.25) is 14.2 Å². The molecule has 0 aliphatic carbocycles. The first kappa shape index (κ1) is 18.0. The molecule has 0 saturated heterocycles. The van der Waals surface area contributed by atoms with Crippen LogP contribution in [0.4, 0.5) is 9.52 Å². The number of carbonyl (C=O) groups is 1. The Kier molecular flexibility index (Phi) is 4.94. The number of hydrogen-bond acceptors (Lipinski definition) is 5. The number of fused-ring (bicyclic) bond motifs is 1. The Hall–Kier alpha value is -3.39. The van der Waals surface area contributed by atoms with Gasteiger partial charge in [-0.15, -0.1) is 11.3 Å². The topological polar surface area (TPSA) is 76.9 Å². The van der Waals surface area contributed by atoms with Crippen LogP contribution in [0.2, 0.25) is 0 Å². The molecule has 4 aromatic rings. The molecule has 2 aromatic heterocycles. The third-order valence-corrected chi connectivity index (χ3v) is 4.96. The van der Waals surface area contributed by atoms with Crippen LogP contribution in [-0.4, -0.2) is 20.4 Å². The maximum atomic E-state index is 13.0. The van der Waals surface area contributed by atoms with E-state index >= 15 is 0 Å². The van der Waals surface area contributed by atoms with E-state index in [0.717, 1.165) is 5.56 Å². The number of hydrogen-bond donors (Lipinski definition) is 1. The average molecular weight is 394 g/mol. The monoisotopic (exact) mass is 394 g/mol. The van der Waals surface area contributed by atoms with Gasteiger partial charge in [-0.1, -0.05) is 12.1 Å². The summed E-state index contributed by atoms with van der Waals surface area (Å²) in [6, 6.07) is 13.1. The van der Waals surface area contributed by atoms with E-state index in [4.69, 9.17) is 0 Å². The van der Waals surface area contributed by atoms with Crippen LogP contribution in [0.25, 0.3) is 22.2 Å². The summed E-state index contributed by atoms with van der Waals surface area (Å²) < 4.78 is 14.4. The maximum Gasteiger partial charge on any atom is 0.261 e. The number of anilines is 1. The summed E-state index contributed by atoms with van der Waals surface area (Å²) in [5.74, 6) is -0.564. The Labute approximate surface area is 163 Å². The molecule has 0 unspecified atom stereocenters. The zero-order chi connectivity index (χ0) is 19.5. The van der Waals surface area contributed by atoms with Crippen LogP contribution in [0.15, 0.2) is 65.0 Å². The molecule has 1 N–H and O–H groups in total. The van der Waals surface area contributed by atoms with Crippen molar-refractivity contribution in [3.8, 4) is 11.3 Å². The van der Waals surface area contributed by atoms with Crippen LogP contribution in [0.1, 0.15) is 6.42 Å². The molecular formula is C20H15FN4O2S. The van der Waals surface area contributed by atoms with Crippen molar-refractivity contribution in [2.45, 2.75) is 13.0 Å². The van der Waals surface area contributed by atoms with E-state index in [2.05, 4.69) is 15.3 Å². The molecular weight excluding hydrogens is 379 g/mol. The molecule has 2 aromatic carbocycles. The van der Waals surface area contributed by atoms with Gasteiger partial charge in [0, 0.05) is 23.9 Å². The van der Waals surface area contributed by atoms with Gasteiger partial charge in [0.15, 0.2) is 5.13 Å². The third-order valence-electron chi connectivity index (χ3n) is 4.20. The molecule has 8 heteroatoms. The number of amides is 1. The Morgan fingerprint density at radius 3 is 2.75 bits per heavy atom. The number of aryl methyl sites for hydroxylation is 1. The fraction of sp³-hybridized carbons (Fsp3) is 0.100. The summed E-state index contributed by atoms with van der Waals surface area (Å²) in [4.78, 5) is 33.2. The minimum Gasteiger partial charge on any atom is -0.302 e. The predicted octanol–water partition coefficient (Wildman–Crippen LogP) is 3.69. The quantitative estimate of drug-likeness (QED) is 0.560. The zero-order valence-corrected chi connectivity index (χ0v) is 15.4. The minimum atomic E-state index is -0.314. The van der Waals surface area contributed by atoms with Crippen LogP contribution in [-0.2, 0) is 11.3 Å². The van der Waals surface area contributed by atoms with Crippen molar-refractivity contribution in [3.63, 3.8) is 0 Å². The largest absolute Gasteiger partial charge is 0.302 e. The number of carbonyl (C=O) groups excluding carboxylic acids is 1. The van der Waals surface area contributed by atoms with Gasteiger partial charge in [0.05, 0.1) is 22.9 Å². The summed E-state index contributed by atoms with van der Waals surface area (Å²) in [6.07, 6.45) is 1.57. The van der Waals surface area contributed by atoms with Crippen molar-refractivity contribution in [1.29, 1.82) is 0 Å². The van der Waals surface area contributed by atoms with Crippen LogP contribution >= 0.6 is 11.3 Å². The molecule has 28 heavy (non-hydrogen) atoms. The van der Waals surface area contributed by atoms with Gasteiger partial charge in [0.2, 0.25) is 5.91 Å². The molecule has 0 radical (unpaired) electrons. The van der Waals surface area contributed by atoms with E-state index in [1.54, 1.807) is 35.7 Å². The molecule has 0 spiro atoms. The minimum absolute atomic E-state index is 0.116. The molecule has 1 amide bonds. The standard InChI is InChI=1S/C20H15FN4O2S/c21-14-7-5-13(6-8-14)17-11-28-20(23-17)24-18(26)9-10-25-12-22-16-4-2-1-3-15(16)19(25)27/h1-8,11-12H,9-10H2,(H,23,24,26). The highest BCUT2D eigenvalue weighted by Gasteiger charge is 2.10. The Balaban J connectivity index is 1.41. The van der Waals surface area contributed by atoms with E-state index < -0.39 is 0 Å². The van der Waals surface area contributed by atoms with E-state index in [9.17, 15) is 14.0 Å². The fourth-order valence-electron chi connectivity index (χ4n) is 2.75. The van der Waals surface area contributed by atoms with Gasteiger partial charge < -0.3 is 5.32 Å². The highest BCUT2D eigenvalue weighted by molar-refractivity contribution is 7.14. The van der Waals surface area contributed by atoms with E-state index in [-0.39, 0.29) is 30.2 Å². The van der Waals surface area contributed by atoms with Crippen LogP contribution < -0.4 is 10.9 Å². The first-order valence-electron chi connectivity index (χ1n) is 8.56. The molecule has 0 bridgehead atoms. The summed E-state index contributed by atoms with van der Waals surface area (Å²) in [7, 11) is 0. The van der Waals surface area contributed by atoms with Gasteiger partial charge in [-0.2, -0.15) is 0 Å². The van der Waals surface area contributed by atoms with E-state index in [1.807, 2.05) is 6.07 Å². The highest BCUT2D eigenvalue weighted by atomic mass is 32.1. The smallest absolute Gasteiger partial charge is 0.261 e. The lowest BCUT2D eigenvalue weighted by Gasteiger charge is -2.06. The summed E-state index contributed by atoms with van der Waals surface area (Å²) >= 11 is 1.29. The number of benzene rings is 2. The SMILES string of the molecule is O=C(CCn1cnc2ccccc2c1=O)Nc1nc(-c2ccc(F)cc2)cs1. The van der Waals surface area contributed by atoms with Crippen LogP contribution in [0, 0.1) is 5.82 Å². The molecule has 0 saturated carbocycles. The first-order chi connectivity index (χ1) is 13.6. The van der Waals surface area contributed by atoms with Crippen molar-refractivity contribution in [2.24, 2.45) is 0 Å². The summed E-state index contributed by atoms with van der Waals surface area (Å²) in [6.45, 7) is 0.221. The van der Waals surface area contributed by atoms with Crippen LogP contribution in [0.3, 0.4) is 0 Å². The first-order valence-corrected chi connectivity index (χ1v) is 9.43. The number of rotatable bonds is 5. The molecule has 6 nitrogen and oxygen atoms in total. The summed E-state index contributed by atoms with van der Waals surface area (Å²) in [5, 5.41) is 5.50. The maximum absolute atomic E-state index is 13.0. The van der Waals surface area contributed by atoms with Gasteiger partial charge in [0.1, 0.15) is 5.82 Å². The average Bonchev–Trinajstić information content (AvgIpc) is 3.16. The molecule has 4 rings (SSSR count). The molecule has 0 atom stereocenters. The van der Waals surface area contributed by atoms with Gasteiger partial charge >= 0.3 is 0 Å². The molecule has 0 fully saturated rings. The number of para-hydroxylation sites is 1. The van der Waals surface area contributed by atoms with Crippen molar-refractivity contribution < 1.29 is 9.18 Å². The van der Waals surface area contributed by atoms with Gasteiger partial charge in [0.25, 0.3) is 5.56 Å². The van der Waals surface area contributed by atoms with E-state index in [0.29, 0.717) is 21.7 Å². The summed E-state index contributed by atoms with van der Waals surface area (Å²) in [5.41, 5.74) is 1.89. The second-order valence-corrected chi connectivity index (χ2v) is 6.96. The highest BCUT2D eigenvalue weighted by Crippen LogP contribution is 2.25. The van der Waals surface area contributed by atoms with Crippen molar-refractivity contribution >= 4 is 33.3 Å². The Morgan fingerprint density at radius 1 is 1.14 bits per heavy atom. The molecule has 140 valence electrons. The Bertz CT molecular complexity index is 1200. The second-order valence-electron chi connectivity index (χ2n) is 6.10. The van der Waals surface area contributed by atoms with Crippen molar-refractivity contribution in [2.75, 3.05) is 5.32 Å². The van der Waals surface area contributed by atoms with Crippen LogP contribution in [0.5, 0.6) is 0 Å². The zero-order valence-electron chi connectivity index (χ0n) is 14.6. The normalized spacial score (nSPS) is 10.9. The number of thiazole rings is 1. The lowest BCUT2D eigenvalue weighted by molar-refractivity contribution is -0.116. The third kappa shape index (κ3) is 3.81. The second kappa shape index (κ2) is 7.69. The predicted molar refractivity (Wildman–Crippen MR) is 107 cm³/mol. The van der Waals surface area contributed by atoms with Gasteiger partial charge in [-0.05, 0) is 36.4 Å². The fourth-order valence-corrected chi connectivity index (χ4v) is 3.49. The molecule has 0 aliphatic heterocycles. The van der Waals surface area contributed by atoms with Gasteiger partial charge in [-0.25, -0.2) is 14.4 Å². The number of nitrogens with zero attached hydrogens (tertiary/aromatic N) is 3.